The number of rotatable bonds is 4. The molecule has 2 rings (SSSR count). The first-order valence-electron chi connectivity index (χ1n) is 6.10. The van der Waals surface area contributed by atoms with E-state index in [4.69, 9.17) is 23.2 Å². The van der Waals surface area contributed by atoms with Crippen molar-refractivity contribution < 1.29 is 4.79 Å². The van der Waals surface area contributed by atoms with Crippen LogP contribution in [0.15, 0.2) is 42.5 Å². The van der Waals surface area contributed by atoms with E-state index in [0.717, 1.165) is 11.3 Å². The van der Waals surface area contributed by atoms with E-state index in [-0.39, 0.29) is 12.5 Å². The molecule has 2 N–H and O–H groups in total. The predicted octanol–water partition coefficient (Wildman–Crippen LogP) is 4.35. The molecule has 2 aromatic rings. The van der Waals surface area contributed by atoms with Gasteiger partial charge in [0.1, 0.15) is 0 Å². The number of para-hydroxylation sites is 1. The molecule has 3 nitrogen and oxygen atoms in total. The molecule has 0 unspecified atom stereocenters. The second-order valence-corrected chi connectivity index (χ2v) is 5.18. The number of hydrogen-bond donors (Lipinski definition) is 2. The summed E-state index contributed by atoms with van der Waals surface area (Å²) in [6.45, 7) is 2.08. The summed E-state index contributed by atoms with van der Waals surface area (Å²) in [6.07, 6.45) is 0. The van der Waals surface area contributed by atoms with Crippen molar-refractivity contribution in [1.82, 2.24) is 0 Å². The molecular weight excluding hydrogens is 295 g/mol. The van der Waals surface area contributed by atoms with Gasteiger partial charge >= 0.3 is 0 Å². The summed E-state index contributed by atoms with van der Waals surface area (Å²) in [5.74, 6) is -0.185. The standard InChI is InChI=1S/C15H14Cl2N2O/c1-10-6-7-12(17)14(8-10)18-9-15(20)19-13-5-3-2-4-11(13)16/h2-8,18H,9H2,1H3,(H,19,20). The fourth-order valence-electron chi connectivity index (χ4n) is 1.71. The maximum atomic E-state index is 11.9. The molecule has 0 saturated heterocycles. The maximum absolute atomic E-state index is 11.9. The van der Waals surface area contributed by atoms with Crippen molar-refractivity contribution in [2.45, 2.75) is 6.92 Å². The summed E-state index contributed by atoms with van der Waals surface area (Å²) in [7, 11) is 0. The van der Waals surface area contributed by atoms with Crippen LogP contribution in [0.1, 0.15) is 5.56 Å². The number of hydrogen-bond acceptors (Lipinski definition) is 2. The number of carbonyl (C=O) groups excluding carboxylic acids is 1. The van der Waals surface area contributed by atoms with Crippen LogP contribution in [0.4, 0.5) is 11.4 Å². The highest BCUT2D eigenvalue weighted by Crippen LogP contribution is 2.23. The van der Waals surface area contributed by atoms with Gasteiger partial charge in [-0.15, -0.1) is 0 Å². The molecule has 2 aromatic carbocycles. The minimum atomic E-state index is -0.185. The van der Waals surface area contributed by atoms with Gasteiger partial charge in [-0.05, 0) is 36.8 Å². The van der Waals surface area contributed by atoms with E-state index in [1.54, 1.807) is 18.2 Å². The van der Waals surface area contributed by atoms with Crippen LogP contribution >= 0.6 is 23.2 Å². The molecule has 0 aliphatic carbocycles. The van der Waals surface area contributed by atoms with E-state index >= 15 is 0 Å². The van der Waals surface area contributed by atoms with Crippen molar-refractivity contribution in [2.24, 2.45) is 0 Å². The minimum absolute atomic E-state index is 0.119. The summed E-state index contributed by atoms with van der Waals surface area (Å²) in [5.41, 5.74) is 2.40. The topological polar surface area (TPSA) is 41.1 Å². The highest BCUT2D eigenvalue weighted by atomic mass is 35.5. The number of amides is 1. The minimum Gasteiger partial charge on any atom is -0.375 e. The van der Waals surface area contributed by atoms with Crippen LogP contribution < -0.4 is 10.6 Å². The van der Waals surface area contributed by atoms with Gasteiger partial charge < -0.3 is 10.6 Å². The average molecular weight is 309 g/mol. The molecular formula is C15H14Cl2N2O. The Morgan fingerprint density at radius 1 is 1.05 bits per heavy atom. The molecule has 0 radical (unpaired) electrons. The van der Waals surface area contributed by atoms with Crippen molar-refractivity contribution in [1.29, 1.82) is 0 Å². The summed E-state index contributed by atoms with van der Waals surface area (Å²) >= 11 is 12.0. The summed E-state index contributed by atoms with van der Waals surface area (Å²) in [5, 5.41) is 6.84. The molecule has 20 heavy (non-hydrogen) atoms. The Labute approximate surface area is 127 Å². The lowest BCUT2D eigenvalue weighted by atomic mass is 10.2. The number of carbonyl (C=O) groups is 1. The Balaban J connectivity index is 1.96. The Kier molecular flexibility index (Phi) is 4.88. The lowest BCUT2D eigenvalue weighted by Crippen LogP contribution is -2.22. The smallest absolute Gasteiger partial charge is 0.243 e. The molecule has 0 spiro atoms. The zero-order valence-electron chi connectivity index (χ0n) is 10.9. The fourth-order valence-corrected chi connectivity index (χ4v) is 2.07. The van der Waals surface area contributed by atoms with Crippen LogP contribution in [0, 0.1) is 6.92 Å². The second kappa shape index (κ2) is 6.64. The van der Waals surface area contributed by atoms with Crippen LogP contribution in [0.25, 0.3) is 0 Å². The van der Waals surface area contributed by atoms with Crippen molar-refractivity contribution in [3.8, 4) is 0 Å². The normalized spacial score (nSPS) is 10.2. The van der Waals surface area contributed by atoms with Gasteiger partial charge in [0.2, 0.25) is 5.91 Å². The second-order valence-electron chi connectivity index (χ2n) is 4.36. The van der Waals surface area contributed by atoms with Gasteiger partial charge in [-0.25, -0.2) is 0 Å². The third kappa shape index (κ3) is 3.89. The summed E-state index contributed by atoms with van der Waals surface area (Å²) < 4.78 is 0. The Morgan fingerprint density at radius 2 is 1.75 bits per heavy atom. The van der Waals surface area contributed by atoms with Gasteiger partial charge in [0.25, 0.3) is 0 Å². The zero-order chi connectivity index (χ0) is 14.5. The average Bonchev–Trinajstić information content (AvgIpc) is 2.42. The van der Waals surface area contributed by atoms with Crippen LogP contribution in [0.2, 0.25) is 10.0 Å². The van der Waals surface area contributed by atoms with E-state index in [9.17, 15) is 4.79 Å². The van der Waals surface area contributed by atoms with Gasteiger partial charge in [0.05, 0.1) is 28.0 Å². The van der Waals surface area contributed by atoms with Crippen LogP contribution in [-0.2, 0) is 4.79 Å². The first-order chi connectivity index (χ1) is 9.56. The zero-order valence-corrected chi connectivity index (χ0v) is 12.4. The summed E-state index contributed by atoms with van der Waals surface area (Å²) in [6, 6.07) is 12.7. The molecule has 0 saturated carbocycles. The molecule has 0 bridgehead atoms. The highest BCUT2D eigenvalue weighted by molar-refractivity contribution is 6.34. The molecule has 1 amide bonds. The van der Waals surface area contributed by atoms with Crippen molar-refractivity contribution >= 4 is 40.5 Å². The molecule has 0 aliphatic heterocycles. The summed E-state index contributed by atoms with van der Waals surface area (Å²) in [4.78, 5) is 11.9. The predicted molar refractivity (Wildman–Crippen MR) is 84.8 cm³/mol. The van der Waals surface area contributed by atoms with Crippen molar-refractivity contribution in [2.75, 3.05) is 17.2 Å². The van der Waals surface area contributed by atoms with E-state index in [1.165, 1.54) is 0 Å². The van der Waals surface area contributed by atoms with Gasteiger partial charge in [-0.1, -0.05) is 41.4 Å². The van der Waals surface area contributed by atoms with Crippen molar-refractivity contribution in [3.05, 3.63) is 58.1 Å². The van der Waals surface area contributed by atoms with Crippen LogP contribution in [0.3, 0.4) is 0 Å². The van der Waals surface area contributed by atoms with Crippen LogP contribution in [-0.4, -0.2) is 12.5 Å². The quantitative estimate of drug-likeness (QED) is 0.881. The number of halogens is 2. The number of benzene rings is 2. The molecule has 0 heterocycles. The highest BCUT2D eigenvalue weighted by Gasteiger charge is 2.06. The number of anilines is 2. The molecule has 0 fully saturated rings. The number of aryl methyl sites for hydroxylation is 1. The molecule has 5 heteroatoms. The first-order valence-corrected chi connectivity index (χ1v) is 6.86. The fraction of sp³-hybridized carbons (Fsp3) is 0.133. The van der Waals surface area contributed by atoms with Crippen molar-refractivity contribution in [3.63, 3.8) is 0 Å². The monoisotopic (exact) mass is 308 g/mol. The largest absolute Gasteiger partial charge is 0.375 e. The first kappa shape index (κ1) is 14.7. The lowest BCUT2D eigenvalue weighted by Gasteiger charge is -2.10. The van der Waals surface area contributed by atoms with Gasteiger partial charge in [-0.3, -0.25) is 4.79 Å². The number of nitrogens with one attached hydrogen (secondary N) is 2. The van der Waals surface area contributed by atoms with Gasteiger partial charge in [0.15, 0.2) is 0 Å². The van der Waals surface area contributed by atoms with Gasteiger partial charge in [-0.2, -0.15) is 0 Å². The maximum Gasteiger partial charge on any atom is 0.243 e. The van der Waals surface area contributed by atoms with E-state index < -0.39 is 0 Å². The van der Waals surface area contributed by atoms with Gasteiger partial charge in [0, 0.05) is 0 Å². The Morgan fingerprint density at radius 3 is 2.50 bits per heavy atom. The molecule has 104 valence electrons. The Hall–Kier alpha value is -1.71. The van der Waals surface area contributed by atoms with Crippen LogP contribution in [0.5, 0.6) is 0 Å². The molecule has 0 atom stereocenters. The third-order valence-electron chi connectivity index (χ3n) is 2.71. The third-order valence-corrected chi connectivity index (χ3v) is 3.37. The van der Waals surface area contributed by atoms with E-state index in [1.807, 2.05) is 31.2 Å². The van der Waals surface area contributed by atoms with E-state index in [0.29, 0.717) is 15.7 Å². The SMILES string of the molecule is Cc1ccc(Cl)c(NCC(=O)Nc2ccccc2Cl)c1. The Bertz CT molecular complexity index is 629. The van der Waals surface area contributed by atoms with E-state index in [2.05, 4.69) is 10.6 Å². The lowest BCUT2D eigenvalue weighted by molar-refractivity contribution is -0.114. The molecule has 0 aliphatic rings. The molecule has 0 aromatic heterocycles.